The number of piperidine rings is 1. The highest BCUT2D eigenvalue weighted by molar-refractivity contribution is 6.28. The Morgan fingerprint density at radius 1 is 1.22 bits per heavy atom. The van der Waals surface area contributed by atoms with Crippen LogP contribution < -0.4 is 5.32 Å². The number of halogens is 1. The van der Waals surface area contributed by atoms with Gasteiger partial charge in [-0.2, -0.15) is 4.98 Å². The van der Waals surface area contributed by atoms with Crippen LogP contribution in [0.3, 0.4) is 0 Å². The van der Waals surface area contributed by atoms with Gasteiger partial charge in [-0.1, -0.05) is 0 Å². The molecule has 0 spiro atoms. The summed E-state index contributed by atoms with van der Waals surface area (Å²) in [7, 11) is 0. The zero-order valence-corrected chi connectivity index (χ0v) is 20.6. The highest BCUT2D eigenvalue weighted by atomic mass is 35.5. The lowest BCUT2D eigenvalue weighted by Gasteiger charge is -2.39. The van der Waals surface area contributed by atoms with Gasteiger partial charge >= 0.3 is 12.1 Å². The van der Waals surface area contributed by atoms with Gasteiger partial charge in [-0.05, 0) is 50.6 Å². The van der Waals surface area contributed by atoms with Gasteiger partial charge in [0.1, 0.15) is 23.2 Å². The molecular weight excluding hydrogens is 492 g/mol. The minimum Gasteiger partial charge on any atom is -0.456 e. The van der Waals surface area contributed by atoms with Crippen LogP contribution in [-0.4, -0.2) is 67.7 Å². The van der Waals surface area contributed by atoms with Crippen molar-refractivity contribution >= 4 is 46.2 Å². The largest absolute Gasteiger partial charge is 0.456 e. The summed E-state index contributed by atoms with van der Waals surface area (Å²) in [5, 5.41) is 14.9. The number of anilines is 1. The van der Waals surface area contributed by atoms with Crippen LogP contribution in [0, 0.1) is 10.1 Å². The summed E-state index contributed by atoms with van der Waals surface area (Å²) in [6.45, 7) is 5.82. The molecule has 190 valence electrons. The Kier molecular flexibility index (Phi) is 6.97. The first kappa shape index (κ1) is 25.2. The quantitative estimate of drug-likeness (QED) is 0.220. The zero-order valence-electron chi connectivity index (χ0n) is 19.9. The maximum Gasteiger partial charge on any atom is 0.410 e. The molecule has 0 bridgehead atoms. The predicted molar refractivity (Wildman–Crippen MR) is 131 cm³/mol. The second kappa shape index (κ2) is 9.97. The summed E-state index contributed by atoms with van der Waals surface area (Å²) in [5.74, 6) is -0.224. The Hall–Kier alpha value is -3.93. The summed E-state index contributed by atoms with van der Waals surface area (Å²) in [6.07, 6.45) is 0.891. The summed E-state index contributed by atoms with van der Waals surface area (Å²) in [6, 6.07) is 6.38. The summed E-state index contributed by atoms with van der Waals surface area (Å²) in [5.41, 5.74) is -0.104. The number of esters is 1. The number of aromatic nitrogens is 3. The third-order valence-electron chi connectivity index (χ3n) is 5.48. The van der Waals surface area contributed by atoms with E-state index >= 15 is 0 Å². The third-order valence-corrected chi connectivity index (χ3v) is 5.65. The van der Waals surface area contributed by atoms with Gasteiger partial charge in [-0.25, -0.2) is 14.6 Å². The molecule has 12 nitrogen and oxygen atoms in total. The highest BCUT2D eigenvalue weighted by Crippen LogP contribution is 2.26. The molecule has 1 saturated heterocycles. The maximum atomic E-state index is 12.8. The fraction of sp³-hybridized carbons (Fsp3) is 0.391. The number of benzene rings is 1. The van der Waals surface area contributed by atoms with Crippen LogP contribution in [-0.2, 0) is 9.47 Å². The smallest absolute Gasteiger partial charge is 0.410 e. The van der Waals surface area contributed by atoms with E-state index in [2.05, 4.69) is 20.3 Å². The van der Waals surface area contributed by atoms with Gasteiger partial charge < -0.3 is 24.7 Å². The van der Waals surface area contributed by atoms with Crippen molar-refractivity contribution in [3.8, 4) is 0 Å². The molecule has 1 aliphatic rings. The van der Waals surface area contributed by atoms with Gasteiger partial charge in [-0.15, -0.1) is 0 Å². The Morgan fingerprint density at radius 3 is 2.61 bits per heavy atom. The molecule has 36 heavy (non-hydrogen) atoms. The van der Waals surface area contributed by atoms with Gasteiger partial charge in [0.25, 0.3) is 5.69 Å². The van der Waals surface area contributed by atoms with Crippen molar-refractivity contribution in [2.75, 3.05) is 18.4 Å². The van der Waals surface area contributed by atoms with E-state index in [1.807, 2.05) is 0 Å². The number of non-ortho nitro benzene ring substituents is 1. The van der Waals surface area contributed by atoms with E-state index in [-0.39, 0.29) is 23.1 Å². The first-order chi connectivity index (χ1) is 17.0. The highest BCUT2D eigenvalue weighted by Gasteiger charge is 2.36. The van der Waals surface area contributed by atoms with Crippen molar-refractivity contribution in [1.82, 2.24) is 19.9 Å². The van der Waals surface area contributed by atoms with Gasteiger partial charge in [-0.3, -0.25) is 10.1 Å². The lowest BCUT2D eigenvalue weighted by Crippen LogP contribution is -2.54. The number of carbonyl (C=O) groups is 2. The first-order valence-electron chi connectivity index (χ1n) is 11.2. The van der Waals surface area contributed by atoms with E-state index in [0.717, 1.165) is 0 Å². The third kappa shape index (κ3) is 5.82. The molecule has 3 heterocycles. The molecule has 2 aromatic heterocycles. The topological polar surface area (TPSA) is 153 Å². The molecule has 0 radical (unpaired) electrons. The summed E-state index contributed by atoms with van der Waals surface area (Å²) in [4.78, 5) is 48.9. The molecule has 3 aromatic rings. The standard InChI is InChI=1S/C23H25ClN6O6/c1-23(2,3)36-22(32)29-11-9-17(35-20(31)13-4-6-14(7-5-13)30(33)34)16(12-29)26-19-15-8-10-25-18(15)27-21(24)28-19/h4-8,10,16-17H,9,11-12H2,1-3H3,(H2,25,26,27,28)/t16-,17+/m0/s1. The number of ether oxygens (including phenoxy) is 2. The van der Waals surface area contributed by atoms with Crippen molar-refractivity contribution in [1.29, 1.82) is 0 Å². The maximum absolute atomic E-state index is 12.8. The fourth-order valence-electron chi connectivity index (χ4n) is 3.83. The van der Waals surface area contributed by atoms with Crippen molar-refractivity contribution < 1.29 is 24.0 Å². The Morgan fingerprint density at radius 2 is 1.94 bits per heavy atom. The first-order valence-corrected chi connectivity index (χ1v) is 11.6. The number of aromatic amines is 1. The number of carbonyl (C=O) groups excluding carboxylic acids is 2. The molecule has 0 saturated carbocycles. The van der Waals surface area contributed by atoms with Crippen molar-refractivity contribution in [2.45, 2.75) is 44.9 Å². The summed E-state index contributed by atoms with van der Waals surface area (Å²) < 4.78 is 11.3. The van der Waals surface area contributed by atoms with E-state index in [4.69, 9.17) is 21.1 Å². The minimum atomic E-state index is -0.670. The van der Waals surface area contributed by atoms with Gasteiger partial charge in [0.15, 0.2) is 0 Å². The lowest BCUT2D eigenvalue weighted by atomic mass is 10.0. The average Bonchev–Trinajstić information content (AvgIpc) is 3.27. The van der Waals surface area contributed by atoms with Gasteiger partial charge in [0.2, 0.25) is 5.28 Å². The molecule has 2 atom stereocenters. The number of nitrogens with one attached hydrogen (secondary N) is 2. The van der Waals surface area contributed by atoms with Crippen molar-refractivity contribution in [3.05, 3.63) is 57.5 Å². The van der Waals surface area contributed by atoms with E-state index in [1.165, 1.54) is 29.2 Å². The van der Waals surface area contributed by atoms with E-state index in [0.29, 0.717) is 29.8 Å². The fourth-order valence-corrected chi connectivity index (χ4v) is 4.00. The second-order valence-corrected chi connectivity index (χ2v) is 9.63. The van der Waals surface area contributed by atoms with Crippen LogP contribution in [0.2, 0.25) is 5.28 Å². The zero-order chi connectivity index (χ0) is 26.0. The number of hydrogen-bond donors (Lipinski definition) is 2. The lowest BCUT2D eigenvalue weighted by molar-refractivity contribution is -0.384. The minimum absolute atomic E-state index is 0.0201. The Labute approximate surface area is 211 Å². The molecule has 13 heteroatoms. The van der Waals surface area contributed by atoms with E-state index in [9.17, 15) is 19.7 Å². The van der Waals surface area contributed by atoms with Crippen LogP contribution in [0.4, 0.5) is 16.3 Å². The molecule has 4 rings (SSSR count). The number of nitro groups is 1. The second-order valence-electron chi connectivity index (χ2n) is 9.29. The van der Waals surface area contributed by atoms with Gasteiger partial charge in [0.05, 0.1) is 21.9 Å². The number of likely N-dealkylation sites (tertiary alicyclic amines) is 1. The van der Waals surface area contributed by atoms with Crippen LogP contribution in [0.5, 0.6) is 0 Å². The average molecular weight is 517 g/mol. The van der Waals surface area contributed by atoms with Crippen LogP contribution in [0.1, 0.15) is 37.6 Å². The molecule has 2 N–H and O–H groups in total. The van der Waals surface area contributed by atoms with Crippen molar-refractivity contribution in [3.63, 3.8) is 0 Å². The van der Waals surface area contributed by atoms with Gasteiger partial charge in [0, 0.05) is 37.8 Å². The van der Waals surface area contributed by atoms with E-state index < -0.39 is 34.7 Å². The van der Waals surface area contributed by atoms with Crippen LogP contribution in [0.15, 0.2) is 36.5 Å². The number of hydrogen-bond acceptors (Lipinski definition) is 9. The van der Waals surface area contributed by atoms with Crippen LogP contribution in [0.25, 0.3) is 11.0 Å². The number of fused-ring (bicyclic) bond motifs is 1. The monoisotopic (exact) mass is 516 g/mol. The Balaban J connectivity index is 1.57. The molecule has 1 aliphatic heterocycles. The Bertz CT molecular complexity index is 1290. The molecule has 0 aliphatic carbocycles. The predicted octanol–water partition coefficient (Wildman–Crippen LogP) is 4.17. The molecule has 0 unspecified atom stereocenters. The number of amides is 1. The van der Waals surface area contributed by atoms with E-state index in [1.54, 1.807) is 33.0 Å². The van der Waals surface area contributed by atoms with Crippen molar-refractivity contribution in [2.24, 2.45) is 0 Å². The summed E-state index contributed by atoms with van der Waals surface area (Å²) >= 11 is 6.09. The number of nitrogens with zero attached hydrogens (tertiary/aromatic N) is 4. The number of H-pyrrole nitrogens is 1. The normalized spacial score (nSPS) is 18.1. The molecule has 1 aromatic carbocycles. The molecule has 1 fully saturated rings. The molecule has 1 amide bonds. The number of nitro benzene ring substituents is 1. The number of rotatable bonds is 5. The van der Waals surface area contributed by atoms with Crippen LogP contribution >= 0.6 is 11.6 Å². The SMILES string of the molecule is CC(C)(C)OC(=O)N1CC[C@@H](OC(=O)c2ccc([N+](=O)[O-])cc2)[C@@H](Nc2nc(Cl)nc3[nH]ccc23)C1. The molecular formula is C23H25ClN6O6.